The number of hydrogen-bond acceptors (Lipinski definition) is 4. The zero-order chi connectivity index (χ0) is 15.4. The molecule has 4 radical (unpaired) electrons. The lowest BCUT2D eigenvalue weighted by atomic mass is 9.57. The van der Waals surface area contributed by atoms with Crippen LogP contribution in [0.1, 0.15) is 28.8 Å². The molecule has 1 fully saturated rings. The fraction of sp³-hybridized carbons (Fsp3) is 0.308. The highest BCUT2D eigenvalue weighted by molar-refractivity contribution is 6.43. The number of benzene rings is 1. The largest absolute Gasteiger partial charge is 0.398 e. The minimum atomic E-state index is -1.68. The van der Waals surface area contributed by atoms with Gasteiger partial charge in [-0.05, 0) is 29.5 Å². The Morgan fingerprint density at radius 3 is 2.62 bits per heavy atom. The van der Waals surface area contributed by atoms with Gasteiger partial charge in [0.25, 0.3) is 5.91 Å². The summed E-state index contributed by atoms with van der Waals surface area (Å²) in [7, 11) is 12.2. The number of amides is 3. The number of carbonyl (C=O) groups is 3. The number of anilines is 1. The molecule has 1 aromatic carbocycles. The normalized spacial score (nSPS) is 23.9. The van der Waals surface area contributed by atoms with Crippen molar-refractivity contribution in [3.63, 3.8) is 0 Å². The van der Waals surface area contributed by atoms with Crippen LogP contribution in [0.5, 0.6) is 0 Å². The van der Waals surface area contributed by atoms with Crippen molar-refractivity contribution in [1.82, 2.24) is 10.2 Å². The molecule has 1 aromatic rings. The highest BCUT2D eigenvalue weighted by Gasteiger charge is 2.49. The molecule has 1 unspecified atom stereocenters. The van der Waals surface area contributed by atoms with Gasteiger partial charge in [-0.2, -0.15) is 0 Å². The number of imide groups is 1. The van der Waals surface area contributed by atoms with E-state index < -0.39 is 23.2 Å². The molecule has 2 heterocycles. The first-order valence-corrected chi connectivity index (χ1v) is 6.48. The van der Waals surface area contributed by atoms with Crippen molar-refractivity contribution >= 4 is 39.1 Å². The average molecular weight is 279 g/mol. The number of fused-ring (bicyclic) bond motifs is 1. The number of nitrogen functional groups attached to an aromatic ring is 1. The van der Waals surface area contributed by atoms with Gasteiger partial charge < -0.3 is 10.6 Å². The number of nitrogens with one attached hydrogen (secondary N) is 1. The molecule has 1 saturated heterocycles. The van der Waals surface area contributed by atoms with Crippen molar-refractivity contribution in [2.24, 2.45) is 0 Å². The SMILES string of the molecule is [B]C1([B])c2c(N)cccc2C(=O)N1C1CCC(=O)NC1=O. The van der Waals surface area contributed by atoms with Crippen molar-refractivity contribution in [1.29, 1.82) is 0 Å². The molecule has 102 valence electrons. The smallest absolute Gasteiger partial charge is 0.254 e. The number of nitrogens with two attached hydrogens (primary N) is 1. The third-order valence-corrected chi connectivity index (χ3v) is 3.87. The van der Waals surface area contributed by atoms with Crippen LogP contribution in [0.25, 0.3) is 0 Å². The lowest BCUT2D eigenvalue weighted by Crippen LogP contribution is -2.59. The molecule has 2 aliphatic heterocycles. The summed E-state index contributed by atoms with van der Waals surface area (Å²) in [5, 5.41) is 0.511. The summed E-state index contributed by atoms with van der Waals surface area (Å²) >= 11 is 0. The van der Waals surface area contributed by atoms with Gasteiger partial charge in [0.2, 0.25) is 11.8 Å². The van der Waals surface area contributed by atoms with Crippen LogP contribution in [0.2, 0.25) is 0 Å². The number of nitrogens with zero attached hydrogens (tertiary/aromatic N) is 1. The third kappa shape index (κ3) is 1.86. The van der Waals surface area contributed by atoms with Crippen LogP contribution >= 0.6 is 0 Å². The first-order chi connectivity index (χ1) is 9.84. The van der Waals surface area contributed by atoms with Gasteiger partial charge >= 0.3 is 0 Å². The van der Waals surface area contributed by atoms with E-state index in [1.165, 1.54) is 0 Å². The monoisotopic (exact) mass is 279 g/mol. The summed E-state index contributed by atoms with van der Waals surface area (Å²) in [6.07, 6.45) is 0.308. The van der Waals surface area contributed by atoms with E-state index in [0.717, 1.165) is 4.90 Å². The van der Waals surface area contributed by atoms with Crippen LogP contribution in [0, 0.1) is 0 Å². The standard InChI is InChI=1S/C13H11B2N3O3/c14-13(15)10-6(2-1-3-7(10)16)12(21)18(13)8-4-5-9(19)17-11(8)20/h1-3,8H,4-5,16H2,(H,17,19,20). The maximum atomic E-state index is 12.5. The average Bonchev–Trinajstić information content (AvgIpc) is 2.60. The van der Waals surface area contributed by atoms with Crippen molar-refractivity contribution in [3.05, 3.63) is 29.3 Å². The molecule has 8 heteroatoms. The zero-order valence-corrected chi connectivity index (χ0v) is 11.1. The van der Waals surface area contributed by atoms with E-state index in [0.29, 0.717) is 11.3 Å². The molecule has 1 atom stereocenters. The Hall–Kier alpha value is -2.24. The third-order valence-electron chi connectivity index (χ3n) is 3.87. The predicted octanol–water partition coefficient (Wildman–Crippen LogP) is -1.02. The first kappa shape index (κ1) is 13.7. The Bertz CT molecular complexity index is 675. The molecule has 6 nitrogen and oxygen atoms in total. The Morgan fingerprint density at radius 1 is 1.29 bits per heavy atom. The van der Waals surface area contributed by atoms with E-state index in [4.69, 9.17) is 21.4 Å². The number of hydrogen-bond donors (Lipinski definition) is 2. The fourth-order valence-electron chi connectivity index (χ4n) is 2.94. The highest BCUT2D eigenvalue weighted by atomic mass is 16.2. The second-order valence-electron chi connectivity index (χ2n) is 5.24. The van der Waals surface area contributed by atoms with Crippen LogP contribution < -0.4 is 11.1 Å². The molecule has 3 rings (SSSR count). The molecule has 0 bridgehead atoms. The summed E-state index contributed by atoms with van der Waals surface area (Å²) in [5.74, 6) is -1.41. The van der Waals surface area contributed by atoms with Gasteiger partial charge in [-0.3, -0.25) is 19.7 Å². The number of piperidine rings is 1. The summed E-state index contributed by atoms with van der Waals surface area (Å²) in [6, 6.07) is 3.89. The summed E-state index contributed by atoms with van der Waals surface area (Å²) < 4.78 is 0. The Morgan fingerprint density at radius 2 is 2.00 bits per heavy atom. The van der Waals surface area contributed by atoms with Gasteiger partial charge in [-0.15, -0.1) is 0 Å². The van der Waals surface area contributed by atoms with Crippen molar-refractivity contribution in [2.45, 2.75) is 24.2 Å². The van der Waals surface area contributed by atoms with Crippen molar-refractivity contribution in [2.75, 3.05) is 5.73 Å². The number of rotatable bonds is 1. The van der Waals surface area contributed by atoms with Gasteiger partial charge in [0.1, 0.15) is 6.04 Å². The van der Waals surface area contributed by atoms with Gasteiger partial charge in [0, 0.05) is 17.7 Å². The minimum absolute atomic E-state index is 0.127. The Kier molecular flexibility index (Phi) is 2.86. The van der Waals surface area contributed by atoms with Crippen LogP contribution in [0.4, 0.5) is 5.69 Å². The van der Waals surface area contributed by atoms with E-state index in [2.05, 4.69) is 5.32 Å². The van der Waals surface area contributed by atoms with E-state index in [9.17, 15) is 14.4 Å². The van der Waals surface area contributed by atoms with Gasteiger partial charge in [-0.1, -0.05) is 6.07 Å². The minimum Gasteiger partial charge on any atom is -0.398 e. The van der Waals surface area contributed by atoms with Crippen LogP contribution in [0.15, 0.2) is 18.2 Å². The molecule has 3 N–H and O–H groups in total. The van der Waals surface area contributed by atoms with Crippen LogP contribution in [0.3, 0.4) is 0 Å². The molecule has 2 aliphatic rings. The molecule has 3 amide bonds. The van der Waals surface area contributed by atoms with E-state index >= 15 is 0 Å². The van der Waals surface area contributed by atoms with Crippen molar-refractivity contribution in [3.8, 4) is 0 Å². The Labute approximate surface area is 123 Å². The quantitative estimate of drug-likeness (QED) is 0.391. The first-order valence-electron chi connectivity index (χ1n) is 6.48. The molecule has 21 heavy (non-hydrogen) atoms. The second kappa shape index (κ2) is 4.38. The maximum Gasteiger partial charge on any atom is 0.254 e. The summed E-state index contributed by atoms with van der Waals surface area (Å²) in [5.41, 5.74) is 6.74. The van der Waals surface area contributed by atoms with E-state index in [1.54, 1.807) is 18.2 Å². The second-order valence-corrected chi connectivity index (χ2v) is 5.24. The summed E-state index contributed by atoms with van der Waals surface area (Å²) in [6.45, 7) is 0. The predicted molar refractivity (Wildman–Crippen MR) is 76.4 cm³/mol. The molecule has 0 spiro atoms. The van der Waals surface area contributed by atoms with E-state index in [1.807, 2.05) is 0 Å². The lowest BCUT2D eigenvalue weighted by Gasteiger charge is -2.40. The van der Waals surface area contributed by atoms with Gasteiger partial charge in [0.15, 0.2) is 0 Å². The van der Waals surface area contributed by atoms with Gasteiger partial charge in [-0.25, -0.2) is 0 Å². The highest BCUT2D eigenvalue weighted by Crippen LogP contribution is 2.40. The molecule has 0 aromatic heterocycles. The molecule has 0 aliphatic carbocycles. The number of carbonyl (C=O) groups excluding carboxylic acids is 3. The van der Waals surface area contributed by atoms with Crippen LogP contribution in [-0.4, -0.2) is 44.4 Å². The fourth-order valence-corrected chi connectivity index (χ4v) is 2.94. The molecular weight excluding hydrogens is 268 g/mol. The molecule has 0 saturated carbocycles. The van der Waals surface area contributed by atoms with Gasteiger partial charge in [0.05, 0.1) is 15.7 Å². The lowest BCUT2D eigenvalue weighted by molar-refractivity contribution is -0.137. The summed E-state index contributed by atoms with van der Waals surface area (Å²) in [4.78, 5) is 36.9. The zero-order valence-electron chi connectivity index (χ0n) is 11.1. The topological polar surface area (TPSA) is 92.5 Å². The van der Waals surface area contributed by atoms with E-state index in [-0.39, 0.29) is 24.3 Å². The molecular formula is C13H11B2N3O3. The maximum absolute atomic E-state index is 12.5. The van der Waals surface area contributed by atoms with Crippen molar-refractivity contribution < 1.29 is 14.4 Å². The van der Waals surface area contributed by atoms with Crippen LogP contribution in [-0.2, 0) is 14.9 Å². The Balaban J connectivity index is 2.06.